The average molecular weight is 585 g/mol. The van der Waals surface area contributed by atoms with Gasteiger partial charge in [-0.05, 0) is 60.6 Å². The van der Waals surface area contributed by atoms with E-state index in [1.165, 1.54) is 44.8 Å². The molecular formula is C34H36N10. The van der Waals surface area contributed by atoms with Gasteiger partial charge in [-0.25, -0.2) is 19.9 Å². The Balaban J connectivity index is 0.000000142. The second kappa shape index (κ2) is 11.8. The molecule has 6 aromatic rings. The lowest BCUT2D eigenvalue weighted by Crippen LogP contribution is -2.20. The Kier molecular flexibility index (Phi) is 7.39. The largest absolute Gasteiger partial charge is 0.365 e. The van der Waals surface area contributed by atoms with Gasteiger partial charge in [0.05, 0.1) is 42.8 Å². The zero-order valence-corrected chi connectivity index (χ0v) is 25.3. The first-order chi connectivity index (χ1) is 21.6. The minimum atomic E-state index is 0.864. The highest BCUT2D eigenvalue weighted by molar-refractivity contribution is 5.77. The molecule has 4 aromatic heterocycles. The summed E-state index contributed by atoms with van der Waals surface area (Å²) in [4.78, 5) is 27.8. The third-order valence-corrected chi connectivity index (χ3v) is 8.76. The van der Waals surface area contributed by atoms with Gasteiger partial charge in [-0.1, -0.05) is 24.3 Å². The van der Waals surface area contributed by atoms with Crippen LogP contribution in [0.2, 0.25) is 0 Å². The number of nitrogens with one attached hydrogen (secondary N) is 2. The minimum absolute atomic E-state index is 0.864. The van der Waals surface area contributed by atoms with Crippen molar-refractivity contribution in [3.63, 3.8) is 0 Å². The zero-order chi connectivity index (χ0) is 30.0. The van der Waals surface area contributed by atoms with Gasteiger partial charge in [-0.15, -0.1) is 0 Å². The lowest BCUT2D eigenvalue weighted by molar-refractivity contribution is 0.775. The number of nitrogens with zero attached hydrogens (tertiary/aromatic N) is 8. The van der Waals surface area contributed by atoms with Crippen LogP contribution in [0.25, 0.3) is 22.4 Å². The van der Waals surface area contributed by atoms with Crippen LogP contribution in [-0.4, -0.2) is 52.8 Å². The molecule has 222 valence electrons. The molecular weight excluding hydrogens is 548 g/mol. The highest BCUT2D eigenvalue weighted by atomic mass is 15.3. The number of aromatic amines is 2. The highest BCUT2D eigenvalue weighted by Gasteiger charge is 2.25. The van der Waals surface area contributed by atoms with E-state index in [2.05, 4.69) is 89.0 Å². The fourth-order valence-electron chi connectivity index (χ4n) is 6.67. The van der Waals surface area contributed by atoms with Gasteiger partial charge >= 0.3 is 0 Å². The van der Waals surface area contributed by atoms with Crippen LogP contribution in [0.1, 0.15) is 33.6 Å². The van der Waals surface area contributed by atoms with Crippen molar-refractivity contribution in [1.29, 1.82) is 0 Å². The van der Waals surface area contributed by atoms with Crippen LogP contribution in [0.3, 0.4) is 0 Å². The van der Waals surface area contributed by atoms with Crippen LogP contribution in [0.15, 0.2) is 80.3 Å². The van der Waals surface area contributed by atoms with E-state index in [0.29, 0.717) is 0 Å². The van der Waals surface area contributed by atoms with Crippen molar-refractivity contribution in [3.05, 3.63) is 114 Å². The first-order valence-electron chi connectivity index (χ1n) is 15.0. The number of hydrogen-bond donors (Lipinski definition) is 2. The molecule has 6 heterocycles. The second-order valence-electron chi connectivity index (χ2n) is 11.5. The summed E-state index contributed by atoms with van der Waals surface area (Å²) in [7, 11) is 1.99. The van der Waals surface area contributed by atoms with Gasteiger partial charge < -0.3 is 19.8 Å². The average Bonchev–Trinajstić information content (AvgIpc) is 3.88. The van der Waals surface area contributed by atoms with Crippen LogP contribution < -0.4 is 9.80 Å². The standard InChI is InChI=1S/C17H19N5.C17H17N5/c1-12-15(16-5-7-20-21(16)2)4-3-13-6-8-22(17(12)13)10-14-9-18-11-19-14;1-12-16(14-6-18-10-19-7-14)3-2-13-4-5-22(17(12)13)9-15-8-20-11-21-15/h3-5,7,9,11H,6,8,10H2,1-2H3,(H,18,19);2-3,6-8,10-11H,4-5,9H2,1H3,(H,20,21). The topological polar surface area (TPSA) is 107 Å². The number of benzene rings is 2. The predicted molar refractivity (Wildman–Crippen MR) is 172 cm³/mol. The quantitative estimate of drug-likeness (QED) is 0.269. The van der Waals surface area contributed by atoms with Crippen LogP contribution in [-0.2, 0) is 33.0 Å². The van der Waals surface area contributed by atoms with Crippen molar-refractivity contribution in [2.75, 3.05) is 22.9 Å². The molecule has 10 nitrogen and oxygen atoms in total. The van der Waals surface area contributed by atoms with E-state index in [0.717, 1.165) is 61.7 Å². The van der Waals surface area contributed by atoms with E-state index in [1.807, 2.05) is 42.7 Å². The molecule has 8 rings (SSSR count). The van der Waals surface area contributed by atoms with Gasteiger partial charge in [0.2, 0.25) is 0 Å². The molecule has 0 atom stereocenters. The molecule has 0 saturated heterocycles. The third kappa shape index (κ3) is 5.23. The Labute approximate surface area is 256 Å². The Morgan fingerprint density at radius 2 is 1.25 bits per heavy atom. The van der Waals surface area contributed by atoms with Crippen LogP contribution in [0, 0.1) is 13.8 Å². The summed E-state index contributed by atoms with van der Waals surface area (Å²) in [5.74, 6) is 0. The van der Waals surface area contributed by atoms with Crippen molar-refractivity contribution < 1.29 is 0 Å². The zero-order valence-electron chi connectivity index (χ0n) is 25.3. The number of rotatable bonds is 6. The lowest BCUT2D eigenvalue weighted by atomic mass is 9.98. The van der Waals surface area contributed by atoms with Crippen LogP contribution in [0.4, 0.5) is 11.4 Å². The first-order valence-corrected chi connectivity index (χ1v) is 15.0. The van der Waals surface area contributed by atoms with Crippen LogP contribution >= 0.6 is 0 Å². The monoisotopic (exact) mass is 584 g/mol. The smallest absolute Gasteiger partial charge is 0.115 e. The Morgan fingerprint density at radius 3 is 1.77 bits per heavy atom. The maximum absolute atomic E-state index is 4.30. The van der Waals surface area contributed by atoms with Gasteiger partial charge in [0.1, 0.15) is 6.33 Å². The Bertz CT molecular complexity index is 1860. The molecule has 2 N–H and O–H groups in total. The van der Waals surface area contributed by atoms with Gasteiger partial charge in [-0.3, -0.25) is 4.68 Å². The van der Waals surface area contributed by atoms with E-state index < -0.39 is 0 Å². The maximum Gasteiger partial charge on any atom is 0.115 e. The SMILES string of the molecule is Cc1c(-c2ccnn2C)ccc2c1N(Cc1cnc[nH]1)CC2.Cc1c(-c2cncnc2)ccc2c1N(Cc1cnc[nH]1)CC2. The molecule has 0 aliphatic carbocycles. The summed E-state index contributed by atoms with van der Waals surface area (Å²) in [6.07, 6.45) is 16.6. The molecule has 0 fully saturated rings. The van der Waals surface area contributed by atoms with Gasteiger partial charge in [0.15, 0.2) is 0 Å². The van der Waals surface area contributed by atoms with E-state index in [-0.39, 0.29) is 0 Å². The maximum atomic E-state index is 4.30. The van der Waals surface area contributed by atoms with Gasteiger partial charge in [0.25, 0.3) is 0 Å². The molecule has 0 radical (unpaired) electrons. The molecule has 0 spiro atoms. The first kappa shape index (κ1) is 27.6. The number of H-pyrrole nitrogens is 2. The molecule has 0 amide bonds. The summed E-state index contributed by atoms with van der Waals surface area (Å²) < 4.78 is 1.93. The molecule has 10 heteroatoms. The second-order valence-corrected chi connectivity index (χ2v) is 11.5. The Hall–Kier alpha value is -5.25. The summed E-state index contributed by atoms with van der Waals surface area (Å²) in [6.45, 7) is 8.25. The molecule has 2 aliphatic rings. The molecule has 2 aromatic carbocycles. The van der Waals surface area contributed by atoms with Gasteiger partial charge in [-0.2, -0.15) is 5.10 Å². The molecule has 0 unspecified atom stereocenters. The van der Waals surface area contributed by atoms with E-state index >= 15 is 0 Å². The normalized spacial score (nSPS) is 13.5. The Morgan fingerprint density at radius 1 is 0.682 bits per heavy atom. The van der Waals surface area contributed by atoms with Gasteiger partial charge in [0, 0.05) is 73.6 Å². The third-order valence-electron chi connectivity index (χ3n) is 8.76. The molecule has 0 saturated carbocycles. The van der Waals surface area contributed by atoms with E-state index in [9.17, 15) is 0 Å². The lowest BCUT2D eigenvalue weighted by Gasteiger charge is -2.22. The number of fused-ring (bicyclic) bond motifs is 2. The van der Waals surface area contributed by atoms with Crippen molar-refractivity contribution in [2.45, 2.75) is 39.8 Å². The summed E-state index contributed by atoms with van der Waals surface area (Å²) in [6, 6.07) is 11.0. The van der Waals surface area contributed by atoms with E-state index in [1.54, 1.807) is 19.0 Å². The highest BCUT2D eigenvalue weighted by Crippen LogP contribution is 2.39. The summed E-state index contributed by atoms with van der Waals surface area (Å²) in [5, 5.41) is 4.30. The number of imidazole rings is 2. The fourth-order valence-corrected chi connectivity index (χ4v) is 6.67. The summed E-state index contributed by atoms with van der Waals surface area (Å²) in [5.41, 5.74) is 15.2. The predicted octanol–water partition coefficient (Wildman–Crippen LogP) is 5.42. The number of aromatic nitrogens is 8. The minimum Gasteiger partial charge on any atom is -0.365 e. The number of aryl methyl sites for hydroxylation is 1. The molecule has 44 heavy (non-hydrogen) atoms. The number of anilines is 2. The van der Waals surface area contributed by atoms with Crippen molar-refractivity contribution >= 4 is 11.4 Å². The molecule has 0 bridgehead atoms. The van der Waals surface area contributed by atoms with Crippen molar-refractivity contribution in [2.24, 2.45) is 7.05 Å². The van der Waals surface area contributed by atoms with Crippen molar-refractivity contribution in [3.8, 4) is 22.4 Å². The van der Waals surface area contributed by atoms with Crippen LogP contribution in [0.5, 0.6) is 0 Å². The van der Waals surface area contributed by atoms with Crippen molar-refractivity contribution in [1.82, 2.24) is 39.7 Å². The van der Waals surface area contributed by atoms with E-state index in [4.69, 9.17) is 0 Å². The molecule has 2 aliphatic heterocycles. The summed E-state index contributed by atoms with van der Waals surface area (Å²) >= 11 is 0. The number of hydrogen-bond acceptors (Lipinski definition) is 7. The fraction of sp³-hybridized carbons (Fsp3) is 0.265.